The van der Waals surface area contributed by atoms with Gasteiger partial charge in [-0.25, -0.2) is 4.79 Å². The number of carboxylic acid groups (broad SMARTS) is 1. The van der Waals surface area contributed by atoms with Gasteiger partial charge in [-0.2, -0.15) is 0 Å². The molecule has 0 aromatic heterocycles. The second-order valence-corrected chi connectivity index (χ2v) is 4.16. The van der Waals surface area contributed by atoms with Crippen LogP contribution in [0.25, 0.3) is 5.57 Å². The van der Waals surface area contributed by atoms with E-state index in [1.165, 1.54) is 4.90 Å². The standard InChI is InChI=1S/C12H14O2S/c1-8(9(2)12(13)14)10-4-6-11(15-3)7-5-10/h4-7H,1-3H3,(H,13,14). The molecular weight excluding hydrogens is 208 g/mol. The van der Waals surface area contributed by atoms with Crippen molar-refractivity contribution >= 4 is 23.3 Å². The summed E-state index contributed by atoms with van der Waals surface area (Å²) >= 11 is 1.67. The molecule has 0 aliphatic carbocycles. The number of thioether (sulfide) groups is 1. The van der Waals surface area contributed by atoms with Crippen LogP contribution in [0.1, 0.15) is 19.4 Å². The topological polar surface area (TPSA) is 37.3 Å². The van der Waals surface area contributed by atoms with Gasteiger partial charge in [0.1, 0.15) is 0 Å². The Morgan fingerprint density at radius 2 is 1.73 bits per heavy atom. The highest BCUT2D eigenvalue weighted by atomic mass is 32.2. The summed E-state index contributed by atoms with van der Waals surface area (Å²) in [6.45, 7) is 3.46. The summed E-state index contributed by atoms with van der Waals surface area (Å²) in [6.07, 6.45) is 2.01. The Morgan fingerprint density at radius 3 is 2.13 bits per heavy atom. The molecule has 1 N–H and O–H groups in total. The maximum absolute atomic E-state index is 10.8. The number of hydrogen-bond donors (Lipinski definition) is 1. The van der Waals surface area contributed by atoms with Crippen LogP contribution in [0.5, 0.6) is 0 Å². The van der Waals surface area contributed by atoms with Gasteiger partial charge in [0.15, 0.2) is 0 Å². The van der Waals surface area contributed by atoms with E-state index < -0.39 is 5.97 Å². The highest BCUT2D eigenvalue weighted by Crippen LogP contribution is 2.21. The second-order valence-electron chi connectivity index (χ2n) is 3.28. The first kappa shape index (κ1) is 11.9. The van der Waals surface area contributed by atoms with Crippen molar-refractivity contribution in [3.63, 3.8) is 0 Å². The summed E-state index contributed by atoms with van der Waals surface area (Å²) in [4.78, 5) is 12.0. The van der Waals surface area contributed by atoms with Crippen molar-refractivity contribution in [1.29, 1.82) is 0 Å². The van der Waals surface area contributed by atoms with Crippen molar-refractivity contribution < 1.29 is 9.90 Å². The van der Waals surface area contributed by atoms with E-state index in [4.69, 9.17) is 5.11 Å². The first-order valence-corrected chi connectivity index (χ1v) is 5.84. The Bertz CT molecular complexity index is 391. The number of rotatable bonds is 3. The zero-order valence-corrected chi connectivity index (χ0v) is 9.89. The highest BCUT2D eigenvalue weighted by molar-refractivity contribution is 7.98. The molecule has 0 aliphatic rings. The maximum atomic E-state index is 10.8. The van der Waals surface area contributed by atoms with Gasteiger partial charge in [0.05, 0.1) is 0 Å². The van der Waals surface area contributed by atoms with E-state index in [1.807, 2.05) is 37.4 Å². The molecular formula is C12H14O2S. The second kappa shape index (κ2) is 5.03. The summed E-state index contributed by atoms with van der Waals surface area (Å²) in [5.41, 5.74) is 2.18. The minimum atomic E-state index is -0.860. The number of aliphatic carboxylic acids is 1. The number of carbonyl (C=O) groups is 1. The lowest BCUT2D eigenvalue weighted by Gasteiger charge is -2.05. The van der Waals surface area contributed by atoms with Crippen LogP contribution in [0.15, 0.2) is 34.7 Å². The largest absolute Gasteiger partial charge is 0.478 e. The van der Waals surface area contributed by atoms with Crippen LogP contribution < -0.4 is 0 Å². The third-order valence-electron chi connectivity index (χ3n) is 2.41. The van der Waals surface area contributed by atoms with Crippen molar-refractivity contribution in [1.82, 2.24) is 0 Å². The van der Waals surface area contributed by atoms with Crippen LogP contribution in [0.2, 0.25) is 0 Å². The van der Waals surface area contributed by atoms with Crippen LogP contribution in [-0.2, 0) is 4.79 Å². The van der Waals surface area contributed by atoms with Crippen molar-refractivity contribution in [2.45, 2.75) is 18.7 Å². The van der Waals surface area contributed by atoms with Gasteiger partial charge in [-0.05, 0) is 43.4 Å². The number of allylic oxidation sites excluding steroid dienone is 1. The molecule has 0 radical (unpaired) electrons. The van der Waals surface area contributed by atoms with Crippen LogP contribution in [0.3, 0.4) is 0 Å². The average Bonchev–Trinajstić information content (AvgIpc) is 2.27. The number of benzene rings is 1. The SMILES string of the molecule is CSc1ccc(C(C)=C(C)C(=O)O)cc1. The van der Waals surface area contributed by atoms with E-state index in [-0.39, 0.29) is 0 Å². The molecule has 0 saturated carbocycles. The quantitative estimate of drug-likeness (QED) is 0.630. The molecule has 1 aromatic rings. The molecule has 0 fully saturated rings. The summed E-state index contributed by atoms with van der Waals surface area (Å²) in [5, 5.41) is 8.85. The average molecular weight is 222 g/mol. The zero-order valence-electron chi connectivity index (χ0n) is 9.07. The summed E-state index contributed by atoms with van der Waals surface area (Å²) in [7, 11) is 0. The lowest BCUT2D eigenvalue weighted by molar-refractivity contribution is -0.132. The van der Waals surface area contributed by atoms with Crippen molar-refractivity contribution in [3.8, 4) is 0 Å². The van der Waals surface area contributed by atoms with E-state index in [2.05, 4.69) is 0 Å². The molecule has 80 valence electrons. The summed E-state index contributed by atoms with van der Waals surface area (Å²) in [5.74, 6) is -0.860. The van der Waals surface area contributed by atoms with Gasteiger partial charge in [-0.3, -0.25) is 0 Å². The third-order valence-corrected chi connectivity index (χ3v) is 3.15. The predicted molar refractivity (Wildman–Crippen MR) is 64.1 cm³/mol. The molecule has 1 aromatic carbocycles. The Balaban J connectivity index is 3.07. The van der Waals surface area contributed by atoms with Gasteiger partial charge in [-0.15, -0.1) is 11.8 Å². The lowest BCUT2D eigenvalue weighted by atomic mass is 10.0. The Hall–Kier alpha value is -1.22. The van der Waals surface area contributed by atoms with Crippen molar-refractivity contribution in [2.75, 3.05) is 6.26 Å². The first-order chi connectivity index (χ1) is 7.06. The first-order valence-electron chi connectivity index (χ1n) is 4.61. The molecule has 0 aliphatic heterocycles. The Morgan fingerprint density at radius 1 is 1.20 bits per heavy atom. The van der Waals surface area contributed by atoms with Gasteiger partial charge in [-0.1, -0.05) is 12.1 Å². The molecule has 0 saturated heterocycles. The van der Waals surface area contributed by atoms with Crippen LogP contribution in [-0.4, -0.2) is 17.3 Å². The molecule has 0 spiro atoms. The fourth-order valence-electron chi connectivity index (χ4n) is 1.22. The molecule has 3 heteroatoms. The molecule has 1 rings (SSSR count). The number of carboxylic acids is 1. The smallest absolute Gasteiger partial charge is 0.331 e. The fourth-order valence-corrected chi connectivity index (χ4v) is 1.63. The zero-order chi connectivity index (χ0) is 11.4. The van der Waals surface area contributed by atoms with Crippen molar-refractivity contribution in [3.05, 3.63) is 35.4 Å². The Kier molecular flexibility index (Phi) is 3.97. The lowest BCUT2D eigenvalue weighted by Crippen LogP contribution is -1.99. The molecule has 2 nitrogen and oxygen atoms in total. The van der Waals surface area contributed by atoms with E-state index in [0.29, 0.717) is 5.57 Å². The van der Waals surface area contributed by atoms with E-state index in [1.54, 1.807) is 18.7 Å². The molecule has 0 amide bonds. The van der Waals surface area contributed by atoms with Crippen LogP contribution >= 0.6 is 11.8 Å². The molecule has 15 heavy (non-hydrogen) atoms. The van der Waals surface area contributed by atoms with Gasteiger partial charge in [0, 0.05) is 10.5 Å². The van der Waals surface area contributed by atoms with Crippen molar-refractivity contribution in [2.24, 2.45) is 0 Å². The van der Waals surface area contributed by atoms with E-state index in [9.17, 15) is 4.79 Å². The van der Waals surface area contributed by atoms with Gasteiger partial charge in [0.25, 0.3) is 0 Å². The molecule has 0 unspecified atom stereocenters. The third kappa shape index (κ3) is 2.86. The van der Waals surface area contributed by atoms with E-state index in [0.717, 1.165) is 11.1 Å². The van der Waals surface area contributed by atoms with Crippen LogP contribution in [0, 0.1) is 0 Å². The monoisotopic (exact) mass is 222 g/mol. The van der Waals surface area contributed by atoms with Gasteiger partial charge in [0.2, 0.25) is 0 Å². The predicted octanol–water partition coefficient (Wildman–Crippen LogP) is 3.29. The van der Waals surface area contributed by atoms with Crippen LogP contribution in [0.4, 0.5) is 0 Å². The fraction of sp³-hybridized carbons (Fsp3) is 0.250. The molecule has 0 atom stereocenters. The van der Waals surface area contributed by atoms with Gasteiger partial charge < -0.3 is 5.11 Å². The van der Waals surface area contributed by atoms with E-state index >= 15 is 0 Å². The van der Waals surface area contributed by atoms with Gasteiger partial charge >= 0.3 is 5.97 Å². The minimum absolute atomic E-state index is 0.395. The minimum Gasteiger partial charge on any atom is -0.478 e. The molecule has 0 bridgehead atoms. The number of hydrogen-bond acceptors (Lipinski definition) is 2. The normalized spacial score (nSPS) is 12.2. The maximum Gasteiger partial charge on any atom is 0.331 e. The highest BCUT2D eigenvalue weighted by Gasteiger charge is 2.06. The summed E-state index contributed by atoms with van der Waals surface area (Å²) in [6, 6.07) is 7.90. The molecule has 0 heterocycles. The Labute approximate surface area is 94.0 Å². The summed E-state index contributed by atoms with van der Waals surface area (Å²) < 4.78 is 0.